The van der Waals surface area contributed by atoms with E-state index < -0.39 is 0 Å². The molecule has 0 aliphatic carbocycles. The highest BCUT2D eigenvalue weighted by Crippen LogP contribution is 1.88. The molecular formula is C9H13N5O. The van der Waals surface area contributed by atoms with Gasteiger partial charge in [0.1, 0.15) is 0 Å². The Kier molecular flexibility index (Phi) is 3.45. The monoisotopic (exact) mass is 207 g/mol. The Morgan fingerprint density at radius 3 is 3.13 bits per heavy atom. The molecule has 2 aromatic heterocycles. The van der Waals surface area contributed by atoms with Crippen LogP contribution in [0.25, 0.3) is 0 Å². The molecule has 0 aliphatic heterocycles. The highest BCUT2D eigenvalue weighted by molar-refractivity contribution is 4.79. The molecule has 15 heavy (non-hydrogen) atoms. The number of hydrogen-bond acceptors (Lipinski definition) is 5. The first kappa shape index (κ1) is 9.85. The van der Waals surface area contributed by atoms with E-state index in [2.05, 4.69) is 25.1 Å². The molecule has 80 valence electrons. The molecule has 0 saturated carbocycles. The maximum atomic E-state index is 4.63. The third kappa shape index (κ3) is 3.17. The van der Waals surface area contributed by atoms with Crippen LogP contribution < -0.4 is 5.32 Å². The van der Waals surface area contributed by atoms with E-state index in [0.29, 0.717) is 0 Å². The summed E-state index contributed by atoms with van der Waals surface area (Å²) in [4.78, 5) is 3.93. The Labute approximate surface area is 87.3 Å². The van der Waals surface area contributed by atoms with E-state index in [1.54, 1.807) is 6.20 Å². The smallest absolute Gasteiger partial charge is 0.213 e. The number of hydrogen-bond donors (Lipinski definition) is 1. The summed E-state index contributed by atoms with van der Waals surface area (Å²) in [5.41, 5.74) is 0. The molecule has 0 saturated heterocycles. The molecule has 6 heteroatoms. The topological polar surface area (TPSA) is 68.8 Å². The second kappa shape index (κ2) is 5.26. The number of nitrogens with one attached hydrogen (secondary N) is 1. The maximum absolute atomic E-state index is 4.63. The fourth-order valence-electron chi connectivity index (χ4n) is 1.25. The van der Waals surface area contributed by atoms with Gasteiger partial charge in [0.05, 0.1) is 6.54 Å². The van der Waals surface area contributed by atoms with Crippen molar-refractivity contribution in [1.82, 2.24) is 25.2 Å². The Morgan fingerprint density at radius 1 is 1.40 bits per heavy atom. The van der Waals surface area contributed by atoms with Crippen LogP contribution in [-0.2, 0) is 13.0 Å². The molecule has 0 fully saturated rings. The summed E-state index contributed by atoms with van der Waals surface area (Å²) in [5.74, 6) is 0.738. The van der Waals surface area contributed by atoms with Gasteiger partial charge in [0, 0.05) is 31.9 Å². The Balaban J connectivity index is 1.56. The molecule has 0 bridgehead atoms. The van der Waals surface area contributed by atoms with Crippen molar-refractivity contribution in [1.29, 1.82) is 0 Å². The van der Waals surface area contributed by atoms with Gasteiger partial charge < -0.3 is 9.84 Å². The van der Waals surface area contributed by atoms with Crippen molar-refractivity contribution in [3.63, 3.8) is 0 Å². The van der Waals surface area contributed by atoms with Crippen molar-refractivity contribution in [2.45, 2.75) is 13.0 Å². The van der Waals surface area contributed by atoms with Gasteiger partial charge in [-0.25, -0.2) is 0 Å². The first-order valence-corrected chi connectivity index (χ1v) is 4.88. The van der Waals surface area contributed by atoms with Crippen molar-refractivity contribution in [2.75, 3.05) is 13.1 Å². The lowest BCUT2D eigenvalue weighted by atomic mass is 10.4. The lowest BCUT2D eigenvalue weighted by Gasteiger charge is -2.02. The summed E-state index contributed by atoms with van der Waals surface area (Å²) < 4.78 is 6.52. The number of nitrogens with zero attached hydrogens (tertiary/aromatic N) is 4. The zero-order chi connectivity index (χ0) is 10.3. The minimum Gasteiger partial charge on any atom is -0.343 e. The van der Waals surface area contributed by atoms with Gasteiger partial charge >= 0.3 is 0 Å². The van der Waals surface area contributed by atoms with E-state index in [-0.39, 0.29) is 0 Å². The molecule has 0 spiro atoms. The fourth-order valence-corrected chi connectivity index (χ4v) is 1.25. The van der Waals surface area contributed by atoms with Crippen LogP contribution in [0.15, 0.2) is 29.4 Å². The SMILES string of the molecule is c1cnn(CCNCCc2ncon2)c1. The van der Waals surface area contributed by atoms with E-state index in [1.165, 1.54) is 6.39 Å². The van der Waals surface area contributed by atoms with Gasteiger partial charge in [-0.1, -0.05) is 5.16 Å². The third-order valence-corrected chi connectivity index (χ3v) is 2.01. The fraction of sp³-hybridized carbons (Fsp3) is 0.444. The van der Waals surface area contributed by atoms with Gasteiger partial charge in [-0.15, -0.1) is 0 Å². The first-order chi connectivity index (χ1) is 7.45. The minimum atomic E-state index is 0.738. The molecule has 2 rings (SSSR count). The van der Waals surface area contributed by atoms with Gasteiger partial charge in [0.15, 0.2) is 5.82 Å². The van der Waals surface area contributed by atoms with Gasteiger partial charge in [0.2, 0.25) is 6.39 Å². The highest BCUT2D eigenvalue weighted by Gasteiger charge is 1.97. The average molecular weight is 207 g/mol. The molecule has 1 N–H and O–H groups in total. The summed E-state index contributed by atoms with van der Waals surface area (Å²) in [7, 11) is 0. The van der Waals surface area contributed by atoms with Crippen LogP contribution in [0.5, 0.6) is 0 Å². The van der Waals surface area contributed by atoms with Crippen LogP contribution in [0.4, 0.5) is 0 Å². The van der Waals surface area contributed by atoms with Crippen molar-refractivity contribution in [3.05, 3.63) is 30.7 Å². The van der Waals surface area contributed by atoms with E-state index in [0.717, 1.165) is 31.9 Å². The second-order valence-electron chi connectivity index (χ2n) is 3.12. The van der Waals surface area contributed by atoms with Crippen molar-refractivity contribution < 1.29 is 4.52 Å². The van der Waals surface area contributed by atoms with Crippen LogP contribution >= 0.6 is 0 Å². The van der Waals surface area contributed by atoms with Crippen LogP contribution in [-0.4, -0.2) is 33.0 Å². The Bertz CT molecular complexity index is 320. The molecule has 0 amide bonds. The highest BCUT2D eigenvalue weighted by atomic mass is 16.5. The lowest BCUT2D eigenvalue weighted by Crippen LogP contribution is -2.22. The van der Waals surface area contributed by atoms with Crippen LogP contribution in [0.1, 0.15) is 5.82 Å². The summed E-state index contributed by atoms with van der Waals surface area (Å²) in [6, 6.07) is 1.92. The maximum Gasteiger partial charge on any atom is 0.213 e. The first-order valence-electron chi connectivity index (χ1n) is 4.88. The quantitative estimate of drug-likeness (QED) is 0.680. The average Bonchev–Trinajstić information content (AvgIpc) is 2.88. The van der Waals surface area contributed by atoms with Crippen molar-refractivity contribution >= 4 is 0 Å². The molecule has 0 atom stereocenters. The molecule has 0 aliphatic rings. The molecule has 0 unspecified atom stereocenters. The normalized spacial score (nSPS) is 10.7. The van der Waals surface area contributed by atoms with Gasteiger partial charge in [-0.3, -0.25) is 4.68 Å². The van der Waals surface area contributed by atoms with Crippen molar-refractivity contribution in [2.24, 2.45) is 0 Å². The zero-order valence-corrected chi connectivity index (χ0v) is 8.33. The van der Waals surface area contributed by atoms with Gasteiger partial charge in [0.25, 0.3) is 0 Å². The zero-order valence-electron chi connectivity index (χ0n) is 8.33. The summed E-state index contributed by atoms with van der Waals surface area (Å²) in [5, 5.41) is 11.1. The Hall–Kier alpha value is -1.69. The summed E-state index contributed by atoms with van der Waals surface area (Å²) in [6.45, 7) is 2.61. The molecule has 0 aromatic carbocycles. The predicted octanol–water partition coefficient (Wildman–Crippen LogP) is 0.0984. The van der Waals surface area contributed by atoms with Gasteiger partial charge in [-0.05, 0) is 6.07 Å². The van der Waals surface area contributed by atoms with Crippen LogP contribution in [0.3, 0.4) is 0 Å². The van der Waals surface area contributed by atoms with Gasteiger partial charge in [-0.2, -0.15) is 10.1 Å². The summed E-state index contributed by atoms with van der Waals surface area (Å²) >= 11 is 0. The third-order valence-electron chi connectivity index (χ3n) is 2.01. The second-order valence-corrected chi connectivity index (χ2v) is 3.12. The molecule has 2 aromatic rings. The van der Waals surface area contributed by atoms with Crippen molar-refractivity contribution in [3.8, 4) is 0 Å². The van der Waals surface area contributed by atoms with E-state index in [1.807, 2.05) is 16.9 Å². The predicted molar refractivity (Wildman–Crippen MR) is 53.1 cm³/mol. The molecule has 6 nitrogen and oxygen atoms in total. The minimum absolute atomic E-state index is 0.738. The van der Waals surface area contributed by atoms with Crippen LogP contribution in [0.2, 0.25) is 0 Å². The molecule has 2 heterocycles. The molecular weight excluding hydrogens is 194 g/mol. The number of aromatic nitrogens is 4. The van der Waals surface area contributed by atoms with E-state index in [4.69, 9.17) is 0 Å². The van der Waals surface area contributed by atoms with E-state index in [9.17, 15) is 0 Å². The van der Waals surface area contributed by atoms with Crippen LogP contribution in [0, 0.1) is 0 Å². The largest absolute Gasteiger partial charge is 0.343 e. The standard InChI is InChI=1S/C9H13N5O/c1-3-12-14(6-1)7-5-10-4-2-9-11-8-15-13-9/h1,3,6,8,10H,2,4-5,7H2. The lowest BCUT2D eigenvalue weighted by molar-refractivity contribution is 0.409. The Morgan fingerprint density at radius 2 is 2.40 bits per heavy atom. The summed E-state index contributed by atoms with van der Waals surface area (Å²) in [6.07, 6.45) is 5.86. The van der Waals surface area contributed by atoms with E-state index >= 15 is 0 Å². The number of rotatable bonds is 6. The molecule has 0 radical (unpaired) electrons.